The number of ether oxygens (including phenoxy) is 1. The molecule has 2 fully saturated rings. The van der Waals surface area contributed by atoms with Crippen molar-refractivity contribution in [1.82, 2.24) is 5.32 Å². The molecule has 0 aromatic heterocycles. The molecule has 0 bridgehead atoms. The normalized spacial score (nSPS) is 26.7. The predicted octanol–water partition coefficient (Wildman–Crippen LogP) is 3.61. The zero-order valence-electron chi connectivity index (χ0n) is 19.2. The molecule has 2 unspecified atom stereocenters. The summed E-state index contributed by atoms with van der Waals surface area (Å²) >= 11 is 0. The van der Waals surface area contributed by atoms with Crippen molar-refractivity contribution in [2.24, 2.45) is 35.3 Å². The number of carbonyl (C=O) groups is 3. The van der Waals surface area contributed by atoms with Crippen LogP contribution in [-0.4, -0.2) is 36.9 Å². The van der Waals surface area contributed by atoms with Gasteiger partial charge in [-0.1, -0.05) is 40.0 Å². The maximum atomic E-state index is 13.3. The number of primary amides is 1. The van der Waals surface area contributed by atoms with Gasteiger partial charge in [0.1, 0.15) is 6.61 Å². The molecule has 2 rings (SSSR count). The largest absolute Gasteiger partial charge is 0.371 e. The topological polar surface area (TPSA) is 98.5 Å². The summed E-state index contributed by atoms with van der Waals surface area (Å²) in [4.78, 5) is 37.4. The van der Waals surface area contributed by atoms with Crippen LogP contribution >= 0.6 is 0 Å². The number of amides is 2. The van der Waals surface area contributed by atoms with Crippen LogP contribution in [0.5, 0.6) is 0 Å². The van der Waals surface area contributed by atoms with Crippen molar-refractivity contribution in [2.45, 2.75) is 91.0 Å². The monoisotopic (exact) mass is 422 g/mol. The van der Waals surface area contributed by atoms with Gasteiger partial charge in [-0.25, -0.2) is 0 Å². The molecule has 30 heavy (non-hydrogen) atoms. The number of rotatable bonds is 10. The third-order valence-electron chi connectivity index (χ3n) is 6.71. The lowest BCUT2D eigenvalue weighted by Crippen LogP contribution is -2.48. The van der Waals surface area contributed by atoms with Crippen molar-refractivity contribution in [2.75, 3.05) is 13.2 Å². The van der Waals surface area contributed by atoms with Crippen molar-refractivity contribution in [3.05, 3.63) is 0 Å². The number of Topliss-reactive ketones (excluding diaryl/α,β-unsaturated/α-hetero) is 1. The highest BCUT2D eigenvalue weighted by Gasteiger charge is 2.34. The van der Waals surface area contributed by atoms with E-state index in [4.69, 9.17) is 10.5 Å². The summed E-state index contributed by atoms with van der Waals surface area (Å²) in [7, 11) is 0. The van der Waals surface area contributed by atoms with E-state index >= 15 is 0 Å². The Balaban J connectivity index is 1.97. The fourth-order valence-electron chi connectivity index (χ4n) is 5.21. The highest BCUT2D eigenvalue weighted by molar-refractivity contribution is 5.89. The van der Waals surface area contributed by atoms with Crippen molar-refractivity contribution in [3.63, 3.8) is 0 Å². The molecule has 2 saturated carbocycles. The summed E-state index contributed by atoms with van der Waals surface area (Å²) < 4.78 is 5.47. The number of ketones is 1. The lowest BCUT2D eigenvalue weighted by Gasteiger charge is -2.31. The maximum Gasteiger partial charge on any atom is 0.246 e. The second kappa shape index (κ2) is 12.4. The van der Waals surface area contributed by atoms with Gasteiger partial charge in [0.15, 0.2) is 5.78 Å². The molecular weight excluding hydrogens is 380 g/mol. The zero-order valence-corrected chi connectivity index (χ0v) is 19.2. The summed E-state index contributed by atoms with van der Waals surface area (Å²) in [5.41, 5.74) is 5.54. The SMILES string of the molecule is CC(C)COCC(=O)NC(C(=O)CC1CC[C@H](C(N)=O)C[C@H](C)C1)C1CCCCC1. The lowest BCUT2D eigenvalue weighted by atomic mass is 9.79. The van der Waals surface area contributed by atoms with E-state index in [1.807, 2.05) is 13.8 Å². The summed E-state index contributed by atoms with van der Waals surface area (Å²) in [6, 6.07) is -0.411. The molecule has 0 radical (unpaired) electrons. The predicted molar refractivity (Wildman–Crippen MR) is 118 cm³/mol. The van der Waals surface area contributed by atoms with E-state index < -0.39 is 6.04 Å². The molecule has 2 amide bonds. The molecule has 6 nitrogen and oxygen atoms in total. The Kier molecular flexibility index (Phi) is 10.3. The van der Waals surface area contributed by atoms with Gasteiger partial charge in [-0.2, -0.15) is 0 Å². The van der Waals surface area contributed by atoms with E-state index in [9.17, 15) is 14.4 Å². The number of carbonyl (C=O) groups excluding carboxylic acids is 3. The Morgan fingerprint density at radius 1 is 1.03 bits per heavy atom. The minimum atomic E-state index is -0.411. The maximum absolute atomic E-state index is 13.3. The minimum Gasteiger partial charge on any atom is -0.371 e. The Morgan fingerprint density at radius 2 is 1.73 bits per heavy atom. The van der Waals surface area contributed by atoms with Gasteiger partial charge in [0.25, 0.3) is 0 Å². The molecule has 4 atom stereocenters. The Hall–Kier alpha value is -1.43. The molecule has 2 aliphatic rings. The zero-order chi connectivity index (χ0) is 22.1. The van der Waals surface area contributed by atoms with Crippen LogP contribution in [0.3, 0.4) is 0 Å². The van der Waals surface area contributed by atoms with Crippen LogP contribution in [0.1, 0.15) is 85.0 Å². The minimum absolute atomic E-state index is 0.00936. The van der Waals surface area contributed by atoms with Gasteiger partial charge in [-0.3, -0.25) is 14.4 Å². The van der Waals surface area contributed by atoms with E-state index in [2.05, 4.69) is 12.2 Å². The fourth-order valence-corrected chi connectivity index (χ4v) is 5.21. The third kappa shape index (κ3) is 8.37. The Bertz CT molecular complexity index is 572. The molecule has 6 heteroatoms. The van der Waals surface area contributed by atoms with Crippen molar-refractivity contribution < 1.29 is 19.1 Å². The summed E-state index contributed by atoms with van der Waals surface area (Å²) in [5, 5.41) is 3.02. The molecule has 0 heterocycles. The van der Waals surface area contributed by atoms with E-state index in [1.165, 1.54) is 6.42 Å². The van der Waals surface area contributed by atoms with Crippen LogP contribution in [0.2, 0.25) is 0 Å². The molecule has 0 saturated heterocycles. The number of hydrogen-bond acceptors (Lipinski definition) is 4. The molecule has 3 N–H and O–H groups in total. The summed E-state index contributed by atoms with van der Waals surface area (Å²) in [6.45, 7) is 6.78. The molecule has 0 aromatic rings. The van der Waals surface area contributed by atoms with Gasteiger partial charge in [0.05, 0.1) is 6.04 Å². The highest BCUT2D eigenvalue weighted by Crippen LogP contribution is 2.34. The van der Waals surface area contributed by atoms with Crippen molar-refractivity contribution in [1.29, 1.82) is 0 Å². The van der Waals surface area contributed by atoms with E-state index in [-0.39, 0.29) is 42.0 Å². The van der Waals surface area contributed by atoms with Gasteiger partial charge in [-0.05, 0) is 62.2 Å². The van der Waals surface area contributed by atoms with Gasteiger partial charge < -0.3 is 15.8 Å². The van der Waals surface area contributed by atoms with Gasteiger partial charge >= 0.3 is 0 Å². The van der Waals surface area contributed by atoms with Gasteiger partial charge in [0, 0.05) is 18.9 Å². The van der Waals surface area contributed by atoms with E-state index in [0.717, 1.165) is 51.4 Å². The van der Waals surface area contributed by atoms with Crippen LogP contribution < -0.4 is 11.1 Å². The second-order valence-electron chi connectivity index (χ2n) is 10.1. The Morgan fingerprint density at radius 3 is 2.37 bits per heavy atom. The average molecular weight is 423 g/mol. The quantitative estimate of drug-likeness (QED) is 0.525. The third-order valence-corrected chi connectivity index (χ3v) is 6.71. The van der Waals surface area contributed by atoms with Crippen molar-refractivity contribution in [3.8, 4) is 0 Å². The molecule has 2 aliphatic carbocycles. The van der Waals surface area contributed by atoms with Crippen LogP contribution in [0.15, 0.2) is 0 Å². The molecule has 172 valence electrons. The van der Waals surface area contributed by atoms with Crippen molar-refractivity contribution >= 4 is 17.6 Å². The molecule has 0 spiro atoms. The smallest absolute Gasteiger partial charge is 0.246 e. The van der Waals surface area contributed by atoms with Crippen LogP contribution in [-0.2, 0) is 19.1 Å². The molecular formula is C24H42N2O4. The van der Waals surface area contributed by atoms with Gasteiger partial charge in [-0.15, -0.1) is 0 Å². The second-order valence-corrected chi connectivity index (χ2v) is 10.1. The Labute approximate surface area is 182 Å². The fraction of sp³-hybridized carbons (Fsp3) is 0.875. The first-order valence-corrected chi connectivity index (χ1v) is 11.9. The van der Waals surface area contributed by atoms with Crippen LogP contribution in [0, 0.1) is 29.6 Å². The molecule has 0 aromatic carbocycles. The van der Waals surface area contributed by atoms with Gasteiger partial charge in [0.2, 0.25) is 11.8 Å². The van der Waals surface area contributed by atoms with E-state index in [0.29, 0.717) is 24.9 Å². The van der Waals surface area contributed by atoms with Crippen LogP contribution in [0.4, 0.5) is 0 Å². The van der Waals surface area contributed by atoms with Crippen LogP contribution in [0.25, 0.3) is 0 Å². The standard InChI is InChI=1S/C24H42N2O4/c1-16(2)14-30-15-22(28)26-23(19-7-5-4-6-8-19)21(27)13-18-9-10-20(24(25)29)12-17(3)11-18/h16-20,23H,4-15H2,1-3H3,(H2,25,29)(H,26,28)/t17-,18?,20+,23?/m1/s1. The van der Waals surface area contributed by atoms with E-state index in [1.54, 1.807) is 0 Å². The number of nitrogens with one attached hydrogen (secondary N) is 1. The average Bonchev–Trinajstić information content (AvgIpc) is 2.87. The summed E-state index contributed by atoms with van der Waals surface area (Å²) in [6.07, 6.45) is 9.29. The first kappa shape index (κ1) is 24.8. The number of hydrogen-bond donors (Lipinski definition) is 2. The first-order valence-electron chi connectivity index (χ1n) is 11.9. The molecule has 0 aliphatic heterocycles. The number of nitrogens with two attached hydrogens (primary N) is 1. The highest BCUT2D eigenvalue weighted by atomic mass is 16.5. The first-order chi connectivity index (χ1) is 14.3. The lowest BCUT2D eigenvalue weighted by molar-refractivity contribution is -0.132. The summed E-state index contributed by atoms with van der Waals surface area (Å²) in [5.74, 6) is 0.898.